The Morgan fingerprint density at radius 1 is 1.25 bits per heavy atom. The highest BCUT2D eigenvalue weighted by Gasteiger charge is 2.51. The molecule has 0 aliphatic heterocycles. The van der Waals surface area contributed by atoms with Crippen LogP contribution in [0.1, 0.15) is 58.3 Å². The first-order chi connectivity index (χ1) is 11.5. The molecule has 3 saturated carbocycles. The van der Waals surface area contributed by atoms with E-state index >= 15 is 0 Å². The average molecular weight is 332 g/mol. The van der Waals surface area contributed by atoms with E-state index in [4.69, 9.17) is 0 Å². The van der Waals surface area contributed by atoms with Gasteiger partial charge in [-0.3, -0.25) is 0 Å². The lowest BCUT2D eigenvalue weighted by Crippen LogP contribution is -2.40. The summed E-state index contributed by atoms with van der Waals surface area (Å²) in [7, 11) is 0. The molecule has 0 saturated heterocycles. The molecule has 0 bridgehead atoms. The van der Waals surface area contributed by atoms with Gasteiger partial charge in [0.15, 0.2) is 0 Å². The van der Waals surface area contributed by atoms with E-state index in [1.165, 1.54) is 11.1 Å². The Hall–Kier alpha value is -0.900. The van der Waals surface area contributed by atoms with Crippen molar-refractivity contribution in [1.29, 1.82) is 0 Å². The van der Waals surface area contributed by atoms with Gasteiger partial charge in [0.25, 0.3) is 0 Å². The van der Waals surface area contributed by atoms with E-state index in [-0.39, 0.29) is 24.0 Å². The first-order valence-corrected chi connectivity index (χ1v) is 9.50. The zero-order valence-corrected chi connectivity index (χ0v) is 14.9. The molecule has 134 valence electrons. The predicted octanol–water partition coefficient (Wildman–Crippen LogP) is 3.51. The molecule has 0 aromatic carbocycles. The molecule has 5 atom stereocenters. The molecule has 0 aromatic heterocycles. The largest absolute Gasteiger partial charge is 0.394 e. The summed E-state index contributed by atoms with van der Waals surface area (Å²) in [6.07, 6.45) is 11.6. The van der Waals surface area contributed by atoms with Gasteiger partial charge in [-0.05, 0) is 74.2 Å². The van der Waals surface area contributed by atoms with Crippen molar-refractivity contribution >= 4 is 0 Å². The number of allylic oxidation sites excluding steroid dienone is 4. The topological polar surface area (TPSA) is 60.7 Å². The normalized spacial score (nSPS) is 41.7. The van der Waals surface area contributed by atoms with Crippen LogP contribution >= 0.6 is 0 Å². The Morgan fingerprint density at radius 3 is 2.79 bits per heavy atom. The highest BCUT2D eigenvalue weighted by Crippen LogP contribution is 2.58. The summed E-state index contributed by atoms with van der Waals surface area (Å²) < 4.78 is 0. The summed E-state index contributed by atoms with van der Waals surface area (Å²) >= 11 is 0. The zero-order valence-electron chi connectivity index (χ0n) is 14.9. The van der Waals surface area contributed by atoms with Crippen molar-refractivity contribution in [2.45, 2.75) is 70.5 Å². The van der Waals surface area contributed by atoms with Crippen molar-refractivity contribution < 1.29 is 15.3 Å². The van der Waals surface area contributed by atoms with Crippen LogP contribution in [0.25, 0.3) is 0 Å². The molecule has 3 aliphatic carbocycles. The second kappa shape index (κ2) is 7.15. The number of fused-ring (bicyclic) bond motifs is 1. The molecule has 3 N–H and O–H groups in total. The van der Waals surface area contributed by atoms with Crippen molar-refractivity contribution in [2.24, 2.45) is 17.3 Å². The molecule has 0 aromatic rings. The lowest BCUT2D eigenvalue weighted by Gasteiger charge is -2.43. The van der Waals surface area contributed by atoms with Crippen LogP contribution in [0.5, 0.6) is 0 Å². The van der Waals surface area contributed by atoms with Crippen molar-refractivity contribution in [3.63, 3.8) is 0 Å². The number of hydrogen-bond donors (Lipinski definition) is 3. The second-order valence-electron chi connectivity index (χ2n) is 8.28. The first kappa shape index (κ1) is 17.9. The maximum Gasteiger partial charge on any atom is 0.0804 e. The SMILES string of the molecule is C=C1CC[C@@H](O)C/C1=C/C=C1\CCC[C@]2(C)[C@@H]([C@H](O)CO)CC[C@@H]12. The highest BCUT2D eigenvalue weighted by atomic mass is 16.3. The molecule has 24 heavy (non-hydrogen) atoms. The number of hydrogen-bond acceptors (Lipinski definition) is 3. The fraction of sp³-hybridized carbons (Fsp3) is 0.714. The van der Waals surface area contributed by atoms with Gasteiger partial charge in [-0.15, -0.1) is 0 Å². The summed E-state index contributed by atoms with van der Waals surface area (Å²) in [5.74, 6) is 0.714. The summed E-state index contributed by atoms with van der Waals surface area (Å²) in [6.45, 7) is 6.32. The van der Waals surface area contributed by atoms with Crippen LogP contribution in [0.2, 0.25) is 0 Å². The van der Waals surface area contributed by atoms with Gasteiger partial charge in [-0.1, -0.05) is 36.8 Å². The van der Waals surface area contributed by atoms with Crippen LogP contribution in [-0.2, 0) is 0 Å². The minimum absolute atomic E-state index is 0.105. The Balaban J connectivity index is 1.81. The van der Waals surface area contributed by atoms with Crippen LogP contribution in [0.3, 0.4) is 0 Å². The average Bonchev–Trinajstić information content (AvgIpc) is 2.92. The van der Waals surface area contributed by atoms with Gasteiger partial charge in [0, 0.05) is 0 Å². The molecule has 0 radical (unpaired) electrons. The Morgan fingerprint density at radius 2 is 2.04 bits per heavy atom. The smallest absolute Gasteiger partial charge is 0.0804 e. The molecule has 3 aliphatic rings. The molecule has 3 fully saturated rings. The third-order valence-electron chi connectivity index (χ3n) is 6.88. The lowest BCUT2D eigenvalue weighted by molar-refractivity contribution is -0.0125. The molecule has 3 nitrogen and oxygen atoms in total. The van der Waals surface area contributed by atoms with E-state index in [1.54, 1.807) is 0 Å². The van der Waals surface area contributed by atoms with Crippen molar-refractivity contribution in [3.8, 4) is 0 Å². The van der Waals surface area contributed by atoms with Crippen molar-refractivity contribution in [2.75, 3.05) is 6.61 Å². The summed E-state index contributed by atoms with van der Waals surface area (Å²) in [5, 5.41) is 29.5. The second-order valence-corrected chi connectivity index (χ2v) is 8.28. The fourth-order valence-corrected chi connectivity index (χ4v) is 5.43. The molecule has 0 unspecified atom stereocenters. The van der Waals surface area contributed by atoms with Crippen molar-refractivity contribution in [1.82, 2.24) is 0 Å². The Kier molecular flexibility index (Phi) is 5.33. The van der Waals surface area contributed by atoms with Crippen molar-refractivity contribution in [3.05, 3.63) is 35.5 Å². The van der Waals surface area contributed by atoms with Crippen LogP contribution in [-0.4, -0.2) is 34.1 Å². The molecule has 3 rings (SSSR count). The molecule has 0 heterocycles. The third kappa shape index (κ3) is 3.26. The van der Waals surface area contributed by atoms with Gasteiger partial charge < -0.3 is 15.3 Å². The summed E-state index contributed by atoms with van der Waals surface area (Å²) in [4.78, 5) is 0. The van der Waals surface area contributed by atoms with Gasteiger partial charge in [0.05, 0.1) is 18.8 Å². The van der Waals surface area contributed by atoms with Gasteiger partial charge in [-0.2, -0.15) is 0 Å². The Bertz CT molecular complexity index is 547. The Labute approximate surface area is 145 Å². The first-order valence-electron chi connectivity index (χ1n) is 9.50. The quantitative estimate of drug-likeness (QED) is 0.741. The summed E-state index contributed by atoms with van der Waals surface area (Å²) in [5.41, 5.74) is 3.94. The monoisotopic (exact) mass is 332 g/mol. The van der Waals surface area contributed by atoms with E-state index in [9.17, 15) is 15.3 Å². The highest BCUT2D eigenvalue weighted by molar-refractivity contribution is 5.36. The standard InChI is InChI=1S/C21H32O3/c1-14-5-8-17(23)12-16(14)7-6-15-4-3-11-21(2)18(15)9-10-19(21)20(24)13-22/h6-7,17-20,22-24H,1,3-5,8-13H2,2H3/b15-6+,16-7-/t17-,18+,19-,20-,21+/m1/s1. The predicted molar refractivity (Wildman–Crippen MR) is 96.4 cm³/mol. The maximum absolute atomic E-state index is 10.2. The van der Waals surface area contributed by atoms with Crippen LogP contribution in [0.4, 0.5) is 0 Å². The minimum Gasteiger partial charge on any atom is -0.394 e. The number of aliphatic hydroxyl groups excluding tert-OH is 3. The van der Waals surface area contributed by atoms with E-state index in [0.29, 0.717) is 5.92 Å². The van der Waals surface area contributed by atoms with Gasteiger partial charge in [-0.25, -0.2) is 0 Å². The molecular weight excluding hydrogens is 300 g/mol. The van der Waals surface area contributed by atoms with Crippen LogP contribution < -0.4 is 0 Å². The molecule has 3 heteroatoms. The van der Waals surface area contributed by atoms with E-state index in [1.807, 2.05) is 0 Å². The van der Waals surface area contributed by atoms with Crippen LogP contribution in [0.15, 0.2) is 35.5 Å². The number of aliphatic hydroxyl groups is 3. The fourth-order valence-electron chi connectivity index (χ4n) is 5.43. The zero-order chi connectivity index (χ0) is 17.3. The lowest BCUT2D eigenvalue weighted by atomic mass is 9.62. The third-order valence-corrected chi connectivity index (χ3v) is 6.88. The van der Waals surface area contributed by atoms with E-state index in [2.05, 4.69) is 25.7 Å². The van der Waals surface area contributed by atoms with Gasteiger partial charge in [0.1, 0.15) is 0 Å². The maximum atomic E-state index is 10.2. The molecular formula is C21H32O3. The molecule has 0 amide bonds. The van der Waals surface area contributed by atoms with Crippen LogP contribution in [0, 0.1) is 17.3 Å². The van der Waals surface area contributed by atoms with E-state index in [0.717, 1.165) is 56.9 Å². The summed E-state index contributed by atoms with van der Waals surface area (Å²) in [6, 6.07) is 0. The molecule has 0 spiro atoms. The van der Waals surface area contributed by atoms with Gasteiger partial charge in [0.2, 0.25) is 0 Å². The number of rotatable bonds is 3. The van der Waals surface area contributed by atoms with E-state index < -0.39 is 6.10 Å². The van der Waals surface area contributed by atoms with Gasteiger partial charge >= 0.3 is 0 Å². The minimum atomic E-state index is -0.592.